The van der Waals surface area contributed by atoms with Crippen molar-refractivity contribution in [2.24, 2.45) is 11.8 Å². The molecule has 7 nitrogen and oxygen atoms in total. The lowest BCUT2D eigenvalue weighted by Crippen LogP contribution is -2.22. The van der Waals surface area contributed by atoms with Crippen molar-refractivity contribution in [1.82, 2.24) is 14.5 Å². The van der Waals surface area contributed by atoms with E-state index in [1.807, 2.05) is 29.0 Å². The number of halogens is 1. The largest absolute Gasteiger partial charge is 0.477 e. The number of amides is 1. The fourth-order valence-electron chi connectivity index (χ4n) is 3.93. The molecular formula is C26H33FN4O3Si. The molecule has 0 aliphatic heterocycles. The van der Waals surface area contributed by atoms with Crippen molar-refractivity contribution in [2.45, 2.75) is 57.9 Å². The summed E-state index contributed by atoms with van der Waals surface area (Å²) in [5.41, 5.74) is 2.54. The Labute approximate surface area is 206 Å². The third kappa shape index (κ3) is 5.90. The number of pyridine rings is 2. The number of nitrogens with zero attached hydrogens (tertiary/aromatic N) is 3. The quantitative estimate of drug-likeness (QED) is 0.280. The Morgan fingerprint density at radius 1 is 1.23 bits per heavy atom. The summed E-state index contributed by atoms with van der Waals surface area (Å²) in [6, 6.07) is 8.67. The minimum atomic E-state index is -1.21. The third-order valence-corrected chi connectivity index (χ3v) is 8.17. The van der Waals surface area contributed by atoms with Crippen LogP contribution in [0.1, 0.15) is 19.3 Å². The maximum Gasteiger partial charge on any atom is 0.231 e. The first kappa shape index (κ1) is 23.9. The molecule has 2 saturated carbocycles. The second-order valence-electron chi connectivity index (χ2n) is 10.9. The minimum Gasteiger partial charge on any atom is -0.477 e. The van der Waals surface area contributed by atoms with Crippen LogP contribution in [0.25, 0.3) is 22.2 Å². The van der Waals surface area contributed by atoms with Gasteiger partial charge in [0.1, 0.15) is 24.4 Å². The Kier molecular flexibility index (Phi) is 6.63. The Balaban J connectivity index is 1.45. The second kappa shape index (κ2) is 9.70. The zero-order chi connectivity index (χ0) is 24.6. The zero-order valence-electron chi connectivity index (χ0n) is 20.6. The van der Waals surface area contributed by atoms with Crippen molar-refractivity contribution in [1.29, 1.82) is 0 Å². The van der Waals surface area contributed by atoms with Crippen LogP contribution in [-0.4, -0.2) is 47.9 Å². The maximum absolute atomic E-state index is 13.3. The first-order valence-electron chi connectivity index (χ1n) is 12.4. The average Bonchev–Trinajstić information content (AvgIpc) is 3.74. The highest BCUT2D eigenvalue weighted by atomic mass is 28.3. The van der Waals surface area contributed by atoms with Crippen molar-refractivity contribution in [2.75, 3.05) is 18.5 Å². The molecule has 0 radical (unpaired) electrons. The van der Waals surface area contributed by atoms with E-state index >= 15 is 0 Å². The van der Waals surface area contributed by atoms with Crippen LogP contribution in [0.3, 0.4) is 0 Å². The van der Waals surface area contributed by atoms with Crippen LogP contribution in [-0.2, 0) is 16.3 Å². The lowest BCUT2D eigenvalue weighted by molar-refractivity contribution is -0.117. The standard InChI is InChI=1S/C26H33FN4O3Si/c1-35(2,3)12-11-33-16-31-14-21(19-5-4-10-28-26(19)34-15-17-6-7-17)18-8-9-23(29-24(18)31)30-25(32)20-13-22(20)27/h4-5,8-10,14,17,20,22H,6-7,11-13,15-16H2,1-3H3,(H,29,30,32)/t20-,22+/m1/s1. The summed E-state index contributed by atoms with van der Waals surface area (Å²) in [5, 5.41) is 3.68. The molecule has 2 fully saturated rings. The molecule has 3 aromatic rings. The molecule has 2 aliphatic rings. The molecule has 5 rings (SSSR count). The summed E-state index contributed by atoms with van der Waals surface area (Å²) in [7, 11) is -1.21. The molecule has 2 atom stereocenters. The Morgan fingerprint density at radius 2 is 2.03 bits per heavy atom. The molecule has 35 heavy (non-hydrogen) atoms. The van der Waals surface area contributed by atoms with E-state index in [1.165, 1.54) is 12.8 Å². The SMILES string of the molecule is C[Si](C)(C)CCOCn1cc(-c2cccnc2OCC2CC2)c2ccc(NC(=O)[C@@H]3C[C@@H]3F)nc21. The molecule has 1 N–H and O–H groups in total. The molecule has 186 valence electrons. The minimum absolute atomic E-state index is 0.282. The first-order valence-corrected chi connectivity index (χ1v) is 16.1. The average molecular weight is 497 g/mol. The van der Waals surface area contributed by atoms with Gasteiger partial charge >= 0.3 is 0 Å². The summed E-state index contributed by atoms with van der Waals surface area (Å²) in [4.78, 5) is 21.5. The molecule has 1 amide bonds. The summed E-state index contributed by atoms with van der Waals surface area (Å²) in [5.74, 6) is 0.747. The van der Waals surface area contributed by atoms with Crippen molar-refractivity contribution >= 4 is 30.8 Å². The molecule has 0 spiro atoms. The van der Waals surface area contributed by atoms with Crippen molar-refractivity contribution in [3.05, 3.63) is 36.7 Å². The molecule has 0 aromatic carbocycles. The first-order chi connectivity index (χ1) is 16.8. The fourth-order valence-corrected chi connectivity index (χ4v) is 4.69. The molecule has 2 aliphatic carbocycles. The van der Waals surface area contributed by atoms with Gasteiger partial charge in [-0.2, -0.15) is 0 Å². The van der Waals surface area contributed by atoms with Crippen molar-refractivity contribution in [3.8, 4) is 17.0 Å². The van der Waals surface area contributed by atoms with E-state index in [0.29, 0.717) is 43.2 Å². The normalized spacial score (nSPS) is 19.7. The molecule has 9 heteroatoms. The van der Waals surface area contributed by atoms with E-state index in [4.69, 9.17) is 14.5 Å². The highest BCUT2D eigenvalue weighted by Crippen LogP contribution is 2.38. The number of hydrogen-bond donors (Lipinski definition) is 1. The van der Waals surface area contributed by atoms with Crippen LogP contribution in [0.5, 0.6) is 5.88 Å². The van der Waals surface area contributed by atoms with Gasteiger partial charge in [0.25, 0.3) is 0 Å². The van der Waals surface area contributed by atoms with Crippen molar-refractivity contribution in [3.63, 3.8) is 0 Å². The second-order valence-corrected chi connectivity index (χ2v) is 16.5. The van der Waals surface area contributed by atoms with Gasteiger partial charge in [0, 0.05) is 43.6 Å². The van der Waals surface area contributed by atoms with Crippen LogP contribution in [0.2, 0.25) is 25.7 Å². The van der Waals surface area contributed by atoms with E-state index < -0.39 is 20.2 Å². The Bertz CT molecular complexity index is 1220. The van der Waals surface area contributed by atoms with E-state index in [9.17, 15) is 9.18 Å². The van der Waals surface area contributed by atoms with Gasteiger partial charge in [-0.3, -0.25) is 4.79 Å². The van der Waals surface area contributed by atoms with E-state index in [1.54, 1.807) is 12.3 Å². The molecule has 3 aromatic heterocycles. The van der Waals surface area contributed by atoms with Crippen LogP contribution in [0.4, 0.5) is 10.2 Å². The summed E-state index contributed by atoms with van der Waals surface area (Å²) >= 11 is 0. The molecule has 3 heterocycles. The highest BCUT2D eigenvalue weighted by molar-refractivity contribution is 6.76. The van der Waals surface area contributed by atoms with Gasteiger partial charge in [-0.25, -0.2) is 14.4 Å². The van der Waals surface area contributed by atoms with Gasteiger partial charge in [0.05, 0.1) is 12.5 Å². The topological polar surface area (TPSA) is 78.3 Å². The number of hydrogen-bond acceptors (Lipinski definition) is 5. The number of carbonyl (C=O) groups excluding carboxylic acids is 1. The monoisotopic (exact) mass is 496 g/mol. The number of carbonyl (C=O) groups is 1. The van der Waals surface area contributed by atoms with E-state index in [0.717, 1.165) is 22.6 Å². The molecule has 0 bridgehead atoms. The van der Waals surface area contributed by atoms with Crippen LogP contribution in [0.15, 0.2) is 36.7 Å². The third-order valence-electron chi connectivity index (χ3n) is 6.46. The van der Waals surface area contributed by atoms with Gasteiger partial charge in [-0.1, -0.05) is 19.6 Å². The molecule has 0 saturated heterocycles. The predicted molar refractivity (Wildman–Crippen MR) is 137 cm³/mol. The van der Waals surface area contributed by atoms with Gasteiger partial charge in [-0.05, 0) is 55.5 Å². The number of anilines is 1. The van der Waals surface area contributed by atoms with Crippen LogP contribution in [0, 0.1) is 11.8 Å². The number of alkyl halides is 1. The van der Waals surface area contributed by atoms with Gasteiger partial charge in [0.15, 0.2) is 0 Å². The Morgan fingerprint density at radius 3 is 2.74 bits per heavy atom. The number of rotatable bonds is 11. The summed E-state index contributed by atoms with van der Waals surface area (Å²) < 4.78 is 27.4. The lowest BCUT2D eigenvalue weighted by Gasteiger charge is -2.15. The van der Waals surface area contributed by atoms with Crippen LogP contribution < -0.4 is 10.1 Å². The van der Waals surface area contributed by atoms with Gasteiger partial charge in [-0.15, -0.1) is 0 Å². The molecule has 0 unspecified atom stereocenters. The predicted octanol–water partition coefficient (Wildman–Crippen LogP) is 5.50. The number of nitrogens with one attached hydrogen (secondary N) is 1. The summed E-state index contributed by atoms with van der Waals surface area (Å²) in [6.45, 7) is 8.67. The Hall–Kier alpha value is -2.78. The number of aromatic nitrogens is 3. The van der Waals surface area contributed by atoms with Crippen LogP contribution >= 0.6 is 0 Å². The van der Waals surface area contributed by atoms with Crippen molar-refractivity contribution < 1.29 is 18.7 Å². The lowest BCUT2D eigenvalue weighted by atomic mass is 10.1. The summed E-state index contributed by atoms with van der Waals surface area (Å²) in [6.07, 6.45) is 5.40. The molecular weight excluding hydrogens is 463 g/mol. The smallest absolute Gasteiger partial charge is 0.231 e. The number of ether oxygens (including phenoxy) is 2. The van der Waals surface area contributed by atoms with Gasteiger partial charge in [0.2, 0.25) is 11.8 Å². The fraction of sp³-hybridized carbons (Fsp3) is 0.500. The maximum atomic E-state index is 13.3. The van der Waals surface area contributed by atoms with E-state index in [-0.39, 0.29) is 12.3 Å². The van der Waals surface area contributed by atoms with Gasteiger partial charge < -0.3 is 19.4 Å². The number of fused-ring (bicyclic) bond motifs is 1. The highest BCUT2D eigenvalue weighted by Gasteiger charge is 2.43. The zero-order valence-corrected chi connectivity index (χ0v) is 21.6. The van der Waals surface area contributed by atoms with E-state index in [2.05, 4.69) is 29.9 Å².